The normalized spacial score (nSPS) is 16.0. The molecule has 1 fully saturated rings. The lowest BCUT2D eigenvalue weighted by atomic mass is 10.1. The van der Waals surface area contributed by atoms with Crippen molar-refractivity contribution in [3.63, 3.8) is 0 Å². The van der Waals surface area contributed by atoms with Crippen molar-refractivity contribution in [3.8, 4) is 5.75 Å². The molecule has 5 rings (SSSR count). The Morgan fingerprint density at radius 3 is 2.38 bits per heavy atom. The number of amides is 2. The first-order valence-corrected chi connectivity index (χ1v) is 13.4. The number of rotatable bonds is 7. The van der Waals surface area contributed by atoms with E-state index >= 15 is 0 Å². The van der Waals surface area contributed by atoms with Crippen LogP contribution in [0.15, 0.2) is 67.0 Å². The average molecular weight is 584 g/mol. The van der Waals surface area contributed by atoms with Crippen LogP contribution in [0, 0.1) is 5.82 Å². The number of aromatic nitrogens is 1. The van der Waals surface area contributed by atoms with Gasteiger partial charge in [0.25, 0.3) is 11.8 Å². The van der Waals surface area contributed by atoms with Crippen LogP contribution in [0.5, 0.6) is 5.75 Å². The Morgan fingerprint density at radius 2 is 1.71 bits per heavy atom. The maximum absolute atomic E-state index is 14.2. The van der Waals surface area contributed by atoms with Gasteiger partial charge in [0.05, 0.1) is 22.4 Å². The van der Waals surface area contributed by atoms with Crippen molar-refractivity contribution in [2.24, 2.45) is 0 Å². The van der Waals surface area contributed by atoms with E-state index in [-0.39, 0.29) is 28.7 Å². The number of piperidine rings is 1. The molecule has 2 amide bonds. The van der Waals surface area contributed by atoms with Gasteiger partial charge in [-0.1, -0.05) is 6.08 Å². The van der Waals surface area contributed by atoms with Gasteiger partial charge < -0.3 is 25.2 Å². The quantitative estimate of drug-likeness (QED) is 0.335. The van der Waals surface area contributed by atoms with Crippen molar-refractivity contribution in [2.75, 3.05) is 42.2 Å². The van der Waals surface area contributed by atoms with Gasteiger partial charge in [0.15, 0.2) is 0 Å². The van der Waals surface area contributed by atoms with E-state index in [9.17, 15) is 27.2 Å². The monoisotopic (exact) mass is 583 g/mol. The molecule has 0 aliphatic carbocycles. The van der Waals surface area contributed by atoms with Crippen LogP contribution in [0.4, 0.5) is 34.8 Å². The fourth-order valence-electron chi connectivity index (χ4n) is 4.78. The summed E-state index contributed by atoms with van der Waals surface area (Å²) in [6.07, 6.45) is 2.44. The minimum atomic E-state index is -4.59. The van der Waals surface area contributed by atoms with Crippen LogP contribution in [0.25, 0.3) is 0 Å². The summed E-state index contributed by atoms with van der Waals surface area (Å²) in [7, 11) is 2.04. The number of likely N-dealkylation sites (tertiary alicyclic amines) is 1. The van der Waals surface area contributed by atoms with E-state index in [0.717, 1.165) is 68.8 Å². The van der Waals surface area contributed by atoms with Crippen molar-refractivity contribution < 1.29 is 31.9 Å². The Bertz CT molecular complexity index is 1490. The molecule has 0 bridgehead atoms. The number of hydrogen-bond donors (Lipinski definition) is 2. The molecule has 12 heteroatoms. The molecule has 0 atom stereocenters. The zero-order valence-electron chi connectivity index (χ0n) is 22.7. The highest BCUT2D eigenvalue weighted by Crippen LogP contribution is 2.32. The number of nitrogens with one attached hydrogen (secondary N) is 2. The molecule has 8 nitrogen and oxygen atoms in total. The number of pyridine rings is 1. The second-order valence-electron chi connectivity index (χ2n) is 10.2. The molecule has 2 aliphatic rings. The SMILES string of the molecule is CN1CCC(Oc2cc(N3C=CCC3)ccc2C(=O)Nc2ccc(F)cc2C(=O)Nc2ccc(C(F)(F)F)cn2)CC1. The lowest BCUT2D eigenvalue weighted by Gasteiger charge is -2.30. The summed E-state index contributed by atoms with van der Waals surface area (Å²) in [4.78, 5) is 34.4. The van der Waals surface area contributed by atoms with Gasteiger partial charge in [0, 0.05) is 43.8 Å². The largest absolute Gasteiger partial charge is 0.489 e. The number of halogens is 4. The van der Waals surface area contributed by atoms with E-state index in [1.807, 2.05) is 19.3 Å². The van der Waals surface area contributed by atoms with Gasteiger partial charge in [-0.3, -0.25) is 9.59 Å². The molecule has 1 saturated heterocycles. The summed E-state index contributed by atoms with van der Waals surface area (Å²) < 4.78 is 59.1. The van der Waals surface area contributed by atoms with Crippen LogP contribution in [-0.4, -0.2) is 54.5 Å². The minimum Gasteiger partial charge on any atom is -0.489 e. The molecule has 1 aromatic heterocycles. The number of alkyl halides is 3. The van der Waals surface area contributed by atoms with E-state index in [1.54, 1.807) is 12.1 Å². The molecule has 2 N–H and O–H groups in total. The summed E-state index contributed by atoms with van der Waals surface area (Å²) in [6, 6.07) is 10.3. The summed E-state index contributed by atoms with van der Waals surface area (Å²) in [6.45, 7) is 2.53. The van der Waals surface area contributed by atoms with E-state index in [4.69, 9.17) is 4.74 Å². The van der Waals surface area contributed by atoms with Gasteiger partial charge >= 0.3 is 6.18 Å². The van der Waals surface area contributed by atoms with Gasteiger partial charge in [-0.05, 0) is 68.8 Å². The zero-order chi connectivity index (χ0) is 29.9. The third-order valence-electron chi connectivity index (χ3n) is 7.13. The van der Waals surface area contributed by atoms with Crippen LogP contribution in [-0.2, 0) is 6.18 Å². The fraction of sp³-hybridized carbons (Fsp3) is 0.300. The van der Waals surface area contributed by atoms with E-state index in [0.29, 0.717) is 11.9 Å². The summed E-state index contributed by atoms with van der Waals surface area (Å²) in [5, 5.41) is 5.02. The molecule has 0 spiro atoms. The topological polar surface area (TPSA) is 86.8 Å². The number of hydrogen-bond acceptors (Lipinski definition) is 6. The maximum Gasteiger partial charge on any atom is 0.417 e. The zero-order valence-corrected chi connectivity index (χ0v) is 22.7. The van der Waals surface area contributed by atoms with Gasteiger partial charge in [-0.2, -0.15) is 13.2 Å². The number of carbonyl (C=O) groups excluding carboxylic acids is 2. The van der Waals surface area contributed by atoms with Gasteiger partial charge in [0.1, 0.15) is 23.5 Å². The highest BCUT2D eigenvalue weighted by atomic mass is 19.4. The Labute approximate surface area is 240 Å². The number of benzene rings is 2. The summed E-state index contributed by atoms with van der Waals surface area (Å²) in [5.41, 5.74) is -0.108. The van der Waals surface area contributed by atoms with E-state index in [2.05, 4.69) is 31.5 Å². The summed E-state index contributed by atoms with van der Waals surface area (Å²) >= 11 is 0. The Kier molecular flexibility index (Phi) is 8.44. The molecule has 2 aromatic carbocycles. The van der Waals surface area contributed by atoms with Crippen molar-refractivity contribution >= 4 is 29.0 Å². The van der Waals surface area contributed by atoms with Crippen LogP contribution in [0.2, 0.25) is 0 Å². The first-order chi connectivity index (χ1) is 20.1. The van der Waals surface area contributed by atoms with Crippen LogP contribution in [0.1, 0.15) is 45.5 Å². The Balaban J connectivity index is 1.38. The lowest BCUT2D eigenvalue weighted by molar-refractivity contribution is -0.137. The maximum atomic E-state index is 14.2. The van der Waals surface area contributed by atoms with Crippen LogP contribution >= 0.6 is 0 Å². The highest BCUT2D eigenvalue weighted by molar-refractivity contribution is 6.13. The van der Waals surface area contributed by atoms with Gasteiger partial charge in [-0.15, -0.1) is 0 Å². The van der Waals surface area contributed by atoms with E-state index in [1.165, 1.54) is 6.07 Å². The van der Waals surface area contributed by atoms with E-state index < -0.39 is 29.4 Å². The third kappa shape index (κ3) is 6.88. The third-order valence-corrected chi connectivity index (χ3v) is 7.13. The highest BCUT2D eigenvalue weighted by Gasteiger charge is 2.31. The molecule has 2 aliphatic heterocycles. The van der Waals surface area contributed by atoms with Crippen LogP contribution in [0.3, 0.4) is 0 Å². The van der Waals surface area contributed by atoms with Crippen molar-refractivity contribution in [1.82, 2.24) is 9.88 Å². The lowest BCUT2D eigenvalue weighted by Crippen LogP contribution is -2.36. The van der Waals surface area contributed by atoms with Gasteiger partial charge in [-0.25, -0.2) is 9.37 Å². The number of anilines is 3. The first-order valence-electron chi connectivity index (χ1n) is 13.4. The van der Waals surface area contributed by atoms with Crippen molar-refractivity contribution in [2.45, 2.75) is 31.5 Å². The number of ether oxygens (including phenoxy) is 1. The Hall–Kier alpha value is -4.45. The summed E-state index contributed by atoms with van der Waals surface area (Å²) in [5.74, 6) is -1.96. The first kappa shape index (κ1) is 29.1. The number of carbonyl (C=O) groups is 2. The molecule has 0 saturated carbocycles. The average Bonchev–Trinajstić information content (AvgIpc) is 3.50. The molecular weight excluding hydrogens is 554 g/mol. The second kappa shape index (κ2) is 12.2. The molecule has 0 unspecified atom stereocenters. The van der Waals surface area contributed by atoms with Crippen molar-refractivity contribution in [1.29, 1.82) is 0 Å². The second-order valence-corrected chi connectivity index (χ2v) is 10.2. The van der Waals surface area contributed by atoms with Crippen LogP contribution < -0.4 is 20.3 Å². The molecule has 3 aromatic rings. The van der Waals surface area contributed by atoms with Gasteiger partial charge in [0.2, 0.25) is 0 Å². The molecule has 0 radical (unpaired) electrons. The molecule has 42 heavy (non-hydrogen) atoms. The van der Waals surface area contributed by atoms with Crippen molar-refractivity contribution in [3.05, 3.63) is 89.5 Å². The predicted octanol–water partition coefficient (Wildman–Crippen LogP) is 5.94. The standard InChI is InChI=1S/C30H29F4N5O3/c1-38-14-10-22(11-15-38)42-26-17-21(39-12-2-3-13-39)6-7-23(26)28(40)36-25-8-5-20(31)16-24(25)29(41)37-27-9-4-19(18-35-27)30(32,33)34/h2,4-9,12,16-18,22H,3,10-11,13-15H2,1H3,(H,36,40)(H,35,37,41). The molecule has 3 heterocycles. The predicted molar refractivity (Wildman–Crippen MR) is 150 cm³/mol. The minimum absolute atomic E-state index is 0.00241. The smallest absolute Gasteiger partial charge is 0.417 e. The number of nitrogens with zero attached hydrogens (tertiary/aromatic N) is 3. The molecule has 220 valence electrons. The molecular formula is C30H29F4N5O3. The fourth-order valence-corrected chi connectivity index (χ4v) is 4.78. The Morgan fingerprint density at radius 1 is 0.952 bits per heavy atom.